The van der Waals surface area contributed by atoms with E-state index in [2.05, 4.69) is 20.7 Å². The number of nitrogens with one attached hydrogen (secondary N) is 1. The number of ether oxygens (including phenoxy) is 2. The molecule has 1 saturated heterocycles. The first-order valence-corrected chi connectivity index (χ1v) is 12.9. The van der Waals surface area contributed by atoms with E-state index in [9.17, 15) is 8.42 Å². The molecule has 5 rings (SSSR count). The van der Waals surface area contributed by atoms with Gasteiger partial charge in [-0.2, -0.15) is 0 Å². The highest BCUT2D eigenvalue weighted by molar-refractivity contribution is 7.90. The molecule has 168 valence electrons. The van der Waals surface area contributed by atoms with Crippen molar-refractivity contribution in [3.8, 4) is 5.88 Å². The van der Waals surface area contributed by atoms with Gasteiger partial charge < -0.3 is 9.47 Å². The second-order valence-electron chi connectivity index (χ2n) is 9.12. The first-order valence-electron chi connectivity index (χ1n) is 11.4. The number of hydrogen-bond donors (Lipinski definition) is 1. The zero-order valence-electron chi connectivity index (χ0n) is 18.1. The first kappa shape index (κ1) is 22.0. The third kappa shape index (κ3) is 4.98. The lowest BCUT2D eigenvalue weighted by molar-refractivity contribution is -0.0284. The Morgan fingerprint density at radius 1 is 1.17 bits per heavy atom. The highest BCUT2D eigenvalue weighted by Gasteiger charge is 2.36. The third-order valence-electron chi connectivity index (χ3n) is 6.86. The van der Waals surface area contributed by atoms with Gasteiger partial charge >= 0.3 is 0 Å². The number of nitrogens with zero attached hydrogens (tertiary/aromatic N) is 2. The number of hydrogen-bond acceptors (Lipinski definition) is 6. The molecule has 2 atom stereocenters. The van der Waals surface area contributed by atoms with Crippen LogP contribution in [0.25, 0.3) is 0 Å². The van der Waals surface area contributed by atoms with Gasteiger partial charge in [0.25, 0.3) is 0 Å². The molecular weight excluding hydrogens is 402 g/mol. The van der Waals surface area contributed by atoms with Crippen LogP contribution in [0.3, 0.4) is 0 Å². The van der Waals surface area contributed by atoms with E-state index in [1.54, 1.807) is 20.0 Å². The van der Waals surface area contributed by atoms with Crippen LogP contribution < -0.4 is 9.46 Å². The molecule has 2 bridgehead atoms. The molecule has 1 aliphatic carbocycles. The van der Waals surface area contributed by atoms with Crippen molar-refractivity contribution in [2.45, 2.75) is 81.7 Å². The van der Waals surface area contributed by atoms with Crippen LogP contribution in [0.1, 0.15) is 63.9 Å². The van der Waals surface area contributed by atoms with Crippen molar-refractivity contribution in [1.82, 2.24) is 14.6 Å². The highest BCUT2D eigenvalue weighted by Crippen LogP contribution is 2.38. The van der Waals surface area contributed by atoms with Crippen molar-refractivity contribution in [2.24, 2.45) is 0 Å². The second-order valence-corrected chi connectivity index (χ2v) is 11.4. The Balaban J connectivity index is 1.54. The lowest BCUT2D eigenvalue weighted by atomic mass is 9.83. The van der Waals surface area contributed by atoms with E-state index >= 15 is 0 Å². The van der Waals surface area contributed by atoms with Gasteiger partial charge in [-0.3, -0.25) is 4.90 Å². The van der Waals surface area contributed by atoms with Crippen LogP contribution >= 0.6 is 0 Å². The molecule has 3 aliphatic heterocycles. The number of sulfonamides is 1. The van der Waals surface area contributed by atoms with E-state index < -0.39 is 15.3 Å². The quantitative estimate of drug-likeness (QED) is 0.783. The fraction of sp³-hybridized carbons (Fsp3) is 0.773. The predicted molar refractivity (Wildman–Crippen MR) is 116 cm³/mol. The highest BCUT2D eigenvalue weighted by atomic mass is 32.2. The zero-order valence-corrected chi connectivity index (χ0v) is 18.9. The van der Waals surface area contributed by atoms with Crippen LogP contribution in [0, 0.1) is 0 Å². The summed E-state index contributed by atoms with van der Waals surface area (Å²) in [6.45, 7) is 6.21. The van der Waals surface area contributed by atoms with Crippen LogP contribution in [-0.2, 0) is 14.8 Å². The van der Waals surface area contributed by atoms with E-state index in [-0.39, 0.29) is 18.2 Å². The monoisotopic (exact) mass is 437 g/mol. The molecule has 1 aromatic rings. The maximum atomic E-state index is 12.6. The Kier molecular flexibility index (Phi) is 6.97. The largest absolute Gasteiger partial charge is 0.476 e. The van der Waals surface area contributed by atoms with E-state index in [0.29, 0.717) is 19.1 Å². The topological polar surface area (TPSA) is 80.8 Å². The van der Waals surface area contributed by atoms with Gasteiger partial charge in [0.15, 0.2) is 0 Å². The molecule has 0 unspecified atom stereocenters. The standard InChI is InChI=1S/C22H35N3O4S/c1-16(2)30(26,27)24-20-6-4-12-25-13-14-28-22-19(5-3-11-23-22)17-7-9-18(10-8-17)29-15-21(20)25/h3,5,11,16-18,20-21,24H,4,6-10,12-15H2,1-2H3/t17-,18+,20-,21-/m0/s1. The van der Waals surface area contributed by atoms with E-state index in [1.165, 1.54) is 5.56 Å². The lowest BCUT2D eigenvalue weighted by Crippen LogP contribution is -2.58. The summed E-state index contributed by atoms with van der Waals surface area (Å²) in [6, 6.07) is 4.04. The summed E-state index contributed by atoms with van der Waals surface area (Å²) < 4.78 is 40.6. The van der Waals surface area contributed by atoms with Crippen molar-refractivity contribution in [3.63, 3.8) is 0 Å². The summed E-state index contributed by atoms with van der Waals surface area (Å²) in [4.78, 5) is 6.85. The average Bonchev–Trinajstić information content (AvgIpc) is 2.75. The van der Waals surface area contributed by atoms with Crippen molar-refractivity contribution < 1.29 is 17.9 Å². The molecule has 0 amide bonds. The summed E-state index contributed by atoms with van der Waals surface area (Å²) in [5, 5.41) is -0.440. The smallest absolute Gasteiger partial charge is 0.216 e. The van der Waals surface area contributed by atoms with Gasteiger partial charge in [-0.25, -0.2) is 18.1 Å². The van der Waals surface area contributed by atoms with Crippen LogP contribution in [0.4, 0.5) is 0 Å². The fourth-order valence-electron chi connectivity index (χ4n) is 4.98. The molecule has 1 saturated carbocycles. The van der Waals surface area contributed by atoms with E-state index in [4.69, 9.17) is 9.47 Å². The van der Waals surface area contributed by atoms with Crippen LogP contribution in [0.2, 0.25) is 0 Å². The van der Waals surface area contributed by atoms with Gasteiger partial charge in [0, 0.05) is 30.4 Å². The molecule has 0 aromatic carbocycles. The molecule has 8 heteroatoms. The van der Waals surface area contributed by atoms with Gasteiger partial charge in [-0.1, -0.05) is 6.07 Å². The first-order chi connectivity index (χ1) is 14.4. The number of fused-ring (bicyclic) bond motifs is 5. The second kappa shape index (κ2) is 9.51. The lowest BCUT2D eigenvalue weighted by Gasteiger charge is -2.42. The maximum absolute atomic E-state index is 12.6. The summed E-state index contributed by atoms with van der Waals surface area (Å²) in [6.07, 6.45) is 8.04. The van der Waals surface area contributed by atoms with Gasteiger partial charge in [0.05, 0.1) is 18.0 Å². The van der Waals surface area contributed by atoms with Crippen LogP contribution in [-0.4, -0.2) is 68.0 Å². The Labute approximate surface area is 180 Å². The molecule has 30 heavy (non-hydrogen) atoms. The molecular formula is C22H35N3O4S. The van der Waals surface area contributed by atoms with Crippen molar-refractivity contribution in [2.75, 3.05) is 26.3 Å². The third-order valence-corrected chi connectivity index (χ3v) is 8.74. The molecule has 4 heterocycles. The fourth-order valence-corrected chi connectivity index (χ4v) is 5.95. The minimum absolute atomic E-state index is 0.0255. The maximum Gasteiger partial charge on any atom is 0.216 e. The van der Waals surface area contributed by atoms with Gasteiger partial charge in [0.1, 0.15) is 6.61 Å². The molecule has 7 nitrogen and oxygen atoms in total. The minimum Gasteiger partial charge on any atom is -0.476 e. The predicted octanol–water partition coefficient (Wildman–Crippen LogP) is 2.68. The van der Waals surface area contributed by atoms with E-state index in [1.807, 2.05) is 6.07 Å². The minimum atomic E-state index is -3.33. The Morgan fingerprint density at radius 3 is 2.73 bits per heavy atom. The van der Waals surface area contributed by atoms with Crippen molar-refractivity contribution >= 4 is 10.0 Å². The zero-order chi connectivity index (χ0) is 21.1. The summed E-state index contributed by atoms with van der Waals surface area (Å²) in [7, 11) is -3.33. The number of rotatable bonds is 3. The molecule has 0 spiro atoms. The van der Waals surface area contributed by atoms with Crippen molar-refractivity contribution in [1.29, 1.82) is 0 Å². The Bertz CT molecular complexity index is 808. The molecule has 2 fully saturated rings. The van der Waals surface area contributed by atoms with Gasteiger partial charge in [-0.15, -0.1) is 0 Å². The molecule has 1 N–H and O–H groups in total. The summed E-state index contributed by atoms with van der Waals surface area (Å²) >= 11 is 0. The normalized spacial score (nSPS) is 31.0. The van der Waals surface area contributed by atoms with Crippen LogP contribution in [0.15, 0.2) is 18.3 Å². The van der Waals surface area contributed by atoms with Crippen LogP contribution in [0.5, 0.6) is 5.88 Å². The average molecular weight is 438 g/mol. The Hall–Kier alpha value is -1.22. The molecule has 4 aliphatic rings. The molecule has 1 aromatic heterocycles. The number of piperidine rings is 1. The van der Waals surface area contributed by atoms with Crippen molar-refractivity contribution in [3.05, 3.63) is 23.9 Å². The van der Waals surface area contributed by atoms with E-state index in [0.717, 1.165) is 57.5 Å². The molecule has 0 radical (unpaired) electrons. The van der Waals surface area contributed by atoms with Gasteiger partial charge in [0.2, 0.25) is 15.9 Å². The van der Waals surface area contributed by atoms with Gasteiger partial charge in [-0.05, 0) is 70.9 Å². The Morgan fingerprint density at radius 2 is 1.97 bits per heavy atom. The summed E-state index contributed by atoms with van der Waals surface area (Å²) in [5.41, 5.74) is 1.22. The summed E-state index contributed by atoms with van der Waals surface area (Å²) in [5.74, 6) is 1.23. The SMILES string of the molecule is CC(C)S(=O)(=O)N[C@H]1CCCN2CCOc3ncccc3[C@H]3CC[C@H](CC3)OC[C@@H]12. The number of aromatic nitrogens is 1. The number of pyridine rings is 1.